The van der Waals surface area contributed by atoms with Crippen molar-refractivity contribution in [3.8, 4) is 5.75 Å². The van der Waals surface area contributed by atoms with Crippen LogP contribution in [0.3, 0.4) is 0 Å². The van der Waals surface area contributed by atoms with Crippen molar-refractivity contribution in [1.82, 2.24) is 5.43 Å². The van der Waals surface area contributed by atoms with Gasteiger partial charge in [0.25, 0.3) is 5.69 Å². The van der Waals surface area contributed by atoms with Crippen LogP contribution in [-0.2, 0) is 6.61 Å². The standard InChI is InChI=1S/C23H21N3O5/c1-16-12-17(2)14-20(13-16)30-15-19-9-10-22(31-19)23(27)25-24-11-5-7-18-6-3-4-8-21(18)26(28)29/h3-14H,15H2,1-2H3,(H,25,27)/b7-5+,24-11+. The predicted molar refractivity (Wildman–Crippen MR) is 117 cm³/mol. The minimum atomic E-state index is -0.520. The van der Waals surface area contributed by atoms with Gasteiger partial charge in [-0.3, -0.25) is 14.9 Å². The van der Waals surface area contributed by atoms with Crippen molar-refractivity contribution in [3.63, 3.8) is 0 Å². The largest absolute Gasteiger partial charge is 0.486 e. The van der Waals surface area contributed by atoms with Gasteiger partial charge in [-0.25, -0.2) is 5.43 Å². The summed E-state index contributed by atoms with van der Waals surface area (Å²) in [6.45, 7) is 4.18. The maximum absolute atomic E-state index is 12.1. The van der Waals surface area contributed by atoms with E-state index in [2.05, 4.69) is 16.6 Å². The van der Waals surface area contributed by atoms with Crippen LogP contribution in [0, 0.1) is 24.0 Å². The molecule has 0 bridgehead atoms. The molecular weight excluding hydrogens is 398 g/mol. The highest BCUT2D eigenvalue weighted by Crippen LogP contribution is 2.19. The Hall–Kier alpha value is -4.20. The van der Waals surface area contributed by atoms with Gasteiger partial charge in [-0.15, -0.1) is 0 Å². The van der Waals surface area contributed by atoms with E-state index in [1.165, 1.54) is 30.5 Å². The topological polar surface area (TPSA) is 107 Å². The Morgan fingerprint density at radius 3 is 2.65 bits per heavy atom. The van der Waals surface area contributed by atoms with Crippen LogP contribution < -0.4 is 10.2 Å². The van der Waals surface area contributed by atoms with Crippen molar-refractivity contribution < 1.29 is 18.9 Å². The van der Waals surface area contributed by atoms with Gasteiger partial charge < -0.3 is 9.15 Å². The number of furan rings is 1. The predicted octanol–water partition coefficient (Wildman–Crippen LogP) is 4.81. The Bertz CT molecular complexity index is 1130. The number of ether oxygens (including phenoxy) is 1. The summed E-state index contributed by atoms with van der Waals surface area (Å²) in [5, 5.41) is 14.8. The molecule has 3 aromatic rings. The third kappa shape index (κ3) is 6.14. The second-order valence-corrected chi connectivity index (χ2v) is 6.77. The Balaban J connectivity index is 1.52. The summed E-state index contributed by atoms with van der Waals surface area (Å²) in [5.74, 6) is 0.811. The van der Waals surface area contributed by atoms with E-state index in [4.69, 9.17) is 9.15 Å². The number of hydrazone groups is 1. The lowest BCUT2D eigenvalue weighted by Crippen LogP contribution is -2.16. The molecular formula is C23H21N3O5. The number of hydrogen-bond acceptors (Lipinski definition) is 6. The van der Waals surface area contributed by atoms with Crippen LogP contribution in [0.5, 0.6) is 5.75 Å². The number of nitro groups is 1. The first kappa shape index (κ1) is 21.5. The number of rotatable bonds is 8. The number of carbonyl (C=O) groups excluding carboxylic acids is 1. The lowest BCUT2D eigenvalue weighted by molar-refractivity contribution is -0.385. The smallest absolute Gasteiger partial charge is 0.307 e. The van der Waals surface area contributed by atoms with Crippen LogP contribution in [0.25, 0.3) is 6.08 Å². The molecule has 1 amide bonds. The Morgan fingerprint density at radius 1 is 1.16 bits per heavy atom. The first-order valence-corrected chi connectivity index (χ1v) is 9.45. The maximum Gasteiger partial charge on any atom is 0.307 e. The molecule has 0 aliphatic carbocycles. The number of hydrogen-bond donors (Lipinski definition) is 1. The molecule has 0 unspecified atom stereocenters. The molecule has 8 nitrogen and oxygen atoms in total. The summed E-state index contributed by atoms with van der Waals surface area (Å²) in [6.07, 6.45) is 4.35. The first-order chi connectivity index (χ1) is 14.9. The number of nitrogens with zero attached hydrogens (tertiary/aromatic N) is 2. The van der Waals surface area contributed by atoms with Crippen LogP contribution >= 0.6 is 0 Å². The highest BCUT2D eigenvalue weighted by Gasteiger charge is 2.11. The van der Waals surface area contributed by atoms with E-state index >= 15 is 0 Å². The molecule has 0 saturated heterocycles. The van der Waals surface area contributed by atoms with Gasteiger partial charge in [-0.2, -0.15) is 5.10 Å². The van der Waals surface area contributed by atoms with Gasteiger partial charge in [0.2, 0.25) is 0 Å². The number of benzene rings is 2. The van der Waals surface area contributed by atoms with Crippen LogP contribution in [0.1, 0.15) is 33.0 Å². The van der Waals surface area contributed by atoms with E-state index in [1.807, 2.05) is 26.0 Å². The van der Waals surface area contributed by atoms with Gasteiger partial charge in [-0.1, -0.05) is 18.2 Å². The van der Waals surface area contributed by atoms with E-state index in [0.29, 0.717) is 11.3 Å². The zero-order valence-electron chi connectivity index (χ0n) is 17.1. The summed E-state index contributed by atoms with van der Waals surface area (Å²) in [4.78, 5) is 22.6. The number of allylic oxidation sites excluding steroid dienone is 1. The molecule has 158 valence electrons. The number of aryl methyl sites for hydroxylation is 2. The summed E-state index contributed by atoms with van der Waals surface area (Å²) in [7, 11) is 0. The van der Waals surface area contributed by atoms with Gasteiger partial charge in [0.1, 0.15) is 18.1 Å². The zero-order valence-corrected chi connectivity index (χ0v) is 17.1. The Morgan fingerprint density at radius 2 is 1.90 bits per heavy atom. The van der Waals surface area contributed by atoms with Gasteiger partial charge in [0.05, 0.1) is 10.5 Å². The number of amides is 1. The van der Waals surface area contributed by atoms with Gasteiger partial charge in [0, 0.05) is 12.3 Å². The van der Waals surface area contributed by atoms with E-state index in [9.17, 15) is 14.9 Å². The highest BCUT2D eigenvalue weighted by molar-refractivity contribution is 5.92. The van der Waals surface area contributed by atoms with E-state index in [1.54, 1.807) is 24.3 Å². The Labute approximate surface area is 179 Å². The Kier molecular flexibility index (Phi) is 6.95. The average Bonchev–Trinajstić information content (AvgIpc) is 3.20. The monoisotopic (exact) mass is 419 g/mol. The normalized spacial score (nSPS) is 11.2. The lowest BCUT2D eigenvalue weighted by atomic mass is 10.1. The quantitative estimate of drug-likeness (QED) is 0.320. The molecule has 1 heterocycles. The van der Waals surface area contributed by atoms with Crippen LogP contribution in [0.2, 0.25) is 0 Å². The minimum absolute atomic E-state index is 0.0117. The third-order valence-electron chi connectivity index (χ3n) is 4.20. The molecule has 1 aromatic heterocycles. The number of para-hydroxylation sites is 1. The molecule has 0 atom stereocenters. The van der Waals surface area contributed by atoms with Crippen molar-refractivity contribution in [2.24, 2.45) is 5.10 Å². The number of nitrogens with one attached hydrogen (secondary N) is 1. The van der Waals surface area contributed by atoms with Crippen molar-refractivity contribution in [3.05, 3.63) is 99.0 Å². The second kappa shape index (κ2) is 10.0. The van der Waals surface area contributed by atoms with Crippen molar-refractivity contribution in [2.45, 2.75) is 20.5 Å². The number of nitro benzene ring substituents is 1. The minimum Gasteiger partial charge on any atom is -0.486 e. The SMILES string of the molecule is Cc1cc(C)cc(OCc2ccc(C(=O)N/N=C/C=C/c3ccccc3[N+](=O)[O-])o2)c1. The molecule has 3 rings (SSSR count). The van der Waals surface area contributed by atoms with Crippen molar-refractivity contribution in [1.29, 1.82) is 0 Å². The fourth-order valence-electron chi connectivity index (χ4n) is 2.88. The van der Waals surface area contributed by atoms with Crippen molar-refractivity contribution >= 4 is 23.9 Å². The average molecular weight is 419 g/mol. The van der Waals surface area contributed by atoms with Crippen molar-refractivity contribution in [2.75, 3.05) is 0 Å². The third-order valence-corrected chi connectivity index (χ3v) is 4.20. The van der Waals surface area contributed by atoms with Gasteiger partial charge in [0.15, 0.2) is 5.76 Å². The van der Waals surface area contributed by atoms with Crippen LogP contribution in [0.4, 0.5) is 5.69 Å². The fraction of sp³-hybridized carbons (Fsp3) is 0.130. The molecule has 0 saturated carbocycles. The summed E-state index contributed by atoms with van der Waals surface area (Å²) in [6, 6.07) is 15.4. The van der Waals surface area contributed by atoms with E-state index < -0.39 is 10.8 Å². The molecule has 0 aliphatic rings. The summed E-state index contributed by atoms with van der Waals surface area (Å²) < 4.78 is 11.2. The van der Waals surface area contributed by atoms with Crippen LogP contribution in [-0.4, -0.2) is 17.0 Å². The second-order valence-electron chi connectivity index (χ2n) is 6.77. The molecule has 0 fully saturated rings. The zero-order chi connectivity index (χ0) is 22.2. The number of carbonyl (C=O) groups is 1. The molecule has 31 heavy (non-hydrogen) atoms. The molecule has 8 heteroatoms. The lowest BCUT2D eigenvalue weighted by Gasteiger charge is -2.06. The molecule has 0 radical (unpaired) electrons. The van der Waals surface area contributed by atoms with E-state index in [0.717, 1.165) is 16.9 Å². The maximum atomic E-state index is 12.1. The summed E-state index contributed by atoms with van der Waals surface area (Å²) >= 11 is 0. The highest BCUT2D eigenvalue weighted by atomic mass is 16.6. The molecule has 0 spiro atoms. The van der Waals surface area contributed by atoms with Gasteiger partial charge in [-0.05, 0) is 67.5 Å². The molecule has 2 aromatic carbocycles. The molecule has 1 N–H and O–H groups in total. The van der Waals surface area contributed by atoms with Gasteiger partial charge >= 0.3 is 5.91 Å². The molecule has 0 aliphatic heterocycles. The fourth-order valence-corrected chi connectivity index (χ4v) is 2.88. The summed E-state index contributed by atoms with van der Waals surface area (Å²) in [5.41, 5.74) is 4.96. The van der Waals surface area contributed by atoms with Crippen LogP contribution in [0.15, 0.2) is 70.2 Å². The first-order valence-electron chi connectivity index (χ1n) is 9.45. The van der Waals surface area contributed by atoms with E-state index in [-0.39, 0.29) is 18.1 Å².